The minimum absolute atomic E-state index is 0.184. The molecule has 0 unspecified atom stereocenters. The molecule has 0 bridgehead atoms. The van der Waals surface area contributed by atoms with Gasteiger partial charge in [0.05, 0.1) is 10.7 Å². The van der Waals surface area contributed by atoms with Crippen LogP contribution in [0.25, 0.3) is 0 Å². The molecule has 4 nitrogen and oxygen atoms in total. The second-order valence-corrected chi connectivity index (χ2v) is 5.19. The van der Waals surface area contributed by atoms with Crippen LogP contribution in [0.4, 0.5) is 0 Å². The largest absolute Gasteiger partial charge is 0.375 e. The Morgan fingerprint density at radius 3 is 2.81 bits per heavy atom. The van der Waals surface area contributed by atoms with Crippen LogP contribution in [-0.4, -0.2) is 15.8 Å². The van der Waals surface area contributed by atoms with Gasteiger partial charge in [-0.2, -0.15) is 5.10 Å². The fourth-order valence-electron chi connectivity index (χ4n) is 1.30. The first kappa shape index (κ1) is 13.1. The zero-order valence-corrected chi connectivity index (χ0v) is 11.3. The number of aromatic nitrogens is 1. The number of rotatable bonds is 4. The fourth-order valence-corrected chi connectivity index (χ4v) is 2.44. The van der Waals surface area contributed by atoms with Crippen LogP contribution in [0.2, 0.25) is 0 Å². The molecule has 0 amide bonds. The third-order valence-corrected chi connectivity index (χ3v) is 3.14. The van der Waals surface area contributed by atoms with E-state index in [2.05, 4.69) is 41.6 Å². The molecular weight excluding hydrogens is 240 g/mol. The van der Waals surface area contributed by atoms with Gasteiger partial charge in [0.25, 0.3) is 0 Å². The van der Waals surface area contributed by atoms with Crippen molar-refractivity contribution in [2.24, 2.45) is 10.8 Å². The lowest BCUT2D eigenvalue weighted by atomic mass is 10.3. The minimum atomic E-state index is 0.184. The van der Waals surface area contributed by atoms with Gasteiger partial charge in [-0.1, -0.05) is 6.92 Å². The summed E-state index contributed by atoms with van der Waals surface area (Å²) in [6, 6.07) is 0. The maximum atomic E-state index is 5.28. The monoisotopic (exact) mass is 256 g/mol. The van der Waals surface area contributed by atoms with Gasteiger partial charge >= 0.3 is 0 Å². The van der Waals surface area contributed by atoms with E-state index in [0.29, 0.717) is 0 Å². The highest BCUT2D eigenvalue weighted by Crippen LogP contribution is 2.18. The van der Waals surface area contributed by atoms with E-state index in [-0.39, 0.29) is 5.11 Å². The van der Waals surface area contributed by atoms with Crippen molar-refractivity contribution in [1.82, 2.24) is 10.4 Å². The normalized spacial score (nSPS) is 11.6. The predicted molar refractivity (Wildman–Crippen MR) is 73.0 cm³/mol. The summed E-state index contributed by atoms with van der Waals surface area (Å²) in [5.74, 6) is 0. The highest BCUT2D eigenvalue weighted by molar-refractivity contribution is 7.80. The van der Waals surface area contributed by atoms with Crippen LogP contribution >= 0.6 is 23.6 Å². The van der Waals surface area contributed by atoms with Crippen LogP contribution in [0.3, 0.4) is 0 Å². The van der Waals surface area contributed by atoms with Crippen LogP contribution < -0.4 is 11.2 Å². The Morgan fingerprint density at radius 2 is 2.31 bits per heavy atom. The Labute approximate surface area is 105 Å². The van der Waals surface area contributed by atoms with Crippen LogP contribution in [-0.2, 0) is 12.8 Å². The van der Waals surface area contributed by atoms with E-state index >= 15 is 0 Å². The molecule has 6 heteroatoms. The van der Waals surface area contributed by atoms with Gasteiger partial charge in [0.1, 0.15) is 0 Å². The molecule has 1 aromatic rings. The summed E-state index contributed by atoms with van der Waals surface area (Å²) in [6.45, 7) is 6.13. The summed E-state index contributed by atoms with van der Waals surface area (Å²) in [6.07, 6.45) is 1.71. The number of thiocarbonyl (C=S) groups is 1. The summed E-state index contributed by atoms with van der Waals surface area (Å²) in [7, 11) is 0. The van der Waals surface area contributed by atoms with E-state index in [0.717, 1.165) is 23.6 Å². The lowest BCUT2D eigenvalue weighted by Gasteiger charge is -1.98. The SMILES string of the molecule is CCc1nc(C/C(C)=N\NC(N)=S)sc1C. The average molecular weight is 256 g/mol. The molecule has 1 aromatic heterocycles. The van der Waals surface area contributed by atoms with Crippen molar-refractivity contribution >= 4 is 34.4 Å². The van der Waals surface area contributed by atoms with Gasteiger partial charge in [-0.3, -0.25) is 5.43 Å². The Hall–Kier alpha value is -1.01. The van der Waals surface area contributed by atoms with Crippen molar-refractivity contribution in [1.29, 1.82) is 0 Å². The Kier molecular flexibility index (Phi) is 4.82. The molecule has 0 radical (unpaired) electrons. The maximum absolute atomic E-state index is 5.28. The molecule has 1 heterocycles. The second-order valence-electron chi connectivity index (χ2n) is 3.46. The molecule has 0 aliphatic heterocycles. The van der Waals surface area contributed by atoms with Gasteiger partial charge < -0.3 is 5.73 Å². The predicted octanol–water partition coefficient (Wildman–Crippen LogP) is 1.77. The molecule has 0 aliphatic rings. The highest BCUT2D eigenvalue weighted by atomic mass is 32.1. The van der Waals surface area contributed by atoms with E-state index in [1.54, 1.807) is 11.3 Å². The number of nitrogens with one attached hydrogen (secondary N) is 1. The summed E-state index contributed by atoms with van der Waals surface area (Å²) in [5.41, 5.74) is 9.96. The zero-order chi connectivity index (χ0) is 12.1. The first-order chi connectivity index (χ1) is 7.52. The van der Waals surface area contributed by atoms with Crippen LogP contribution in [0.15, 0.2) is 5.10 Å². The summed E-state index contributed by atoms with van der Waals surface area (Å²) < 4.78 is 0. The fraction of sp³-hybridized carbons (Fsp3) is 0.500. The van der Waals surface area contributed by atoms with E-state index in [1.807, 2.05) is 6.92 Å². The topological polar surface area (TPSA) is 63.3 Å². The van der Waals surface area contributed by atoms with E-state index in [9.17, 15) is 0 Å². The summed E-state index contributed by atoms with van der Waals surface area (Å²) in [5, 5.41) is 5.32. The quantitative estimate of drug-likeness (QED) is 0.489. The maximum Gasteiger partial charge on any atom is 0.184 e. The first-order valence-electron chi connectivity index (χ1n) is 5.06. The number of thiazole rings is 1. The molecule has 0 saturated heterocycles. The van der Waals surface area contributed by atoms with E-state index in [1.165, 1.54) is 10.6 Å². The molecule has 0 fully saturated rings. The van der Waals surface area contributed by atoms with Crippen molar-refractivity contribution in [3.63, 3.8) is 0 Å². The molecule has 88 valence electrons. The average Bonchev–Trinajstić information content (AvgIpc) is 2.55. The van der Waals surface area contributed by atoms with E-state index < -0.39 is 0 Å². The van der Waals surface area contributed by atoms with Gasteiger partial charge in [0, 0.05) is 17.0 Å². The van der Waals surface area contributed by atoms with Gasteiger partial charge in [-0.05, 0) is 32.5 Å². The number of aryl methyl sites for hydroxylation is 2. The van der Waals surface area contributed by atoms with Crippen molar-refractivity contribution in [2.45, 2.75) is 33.6 Å². The molecule has 3 N–H and O–H groups in total. The lowest BCUT2D eigenvalue weighted by molar-refractivity contribution is 0.994. The molecule has 16 heavy (non-hydrogen) atoms. The van der Waals surface area contributed by atoms with Crippen LogP contribution in [0, 0.1) is 6.92 Å². The molecular formula is C10H16N4S2. The van der Waals surface area contributed by atoms with Crippen molar-refractivity contribution in [2.75, 3.05) is 0 Å². The smallest absolute Gasteiger partial charge is 0.184 e. The zero-order valence-electron chi connectivity index (χ0n) is 9.70. The molecule has 0 atom stereocenters. The van der Waals surface area contributed by atoms with Crippen molar-refractivity contribution in [3.05, 3.63) is 15.6 Å². The number of hydrogen-bond donors (Lipinski definition) is 2. The summed E-state index contributed by atoms with van der Waals surface area (Å²) in [4.78, 5) is 5.83. The van der Waals surface area contributed by atoms with Gasteiger partial charge in [-0.15, -0.1) is 11.3 Å². The van der Waals surface area contributed by atoms with Crippen LogP contribution in [0.5, 0.6) is 0 Å². The third-order valence-electron chi connectivity index (χ3n) is 2.04. The Morgan fingerprint density at radius 1 is 1.62 bits per heavy atom. The Balaban J connectivity index is 2.65. The van der Waals surface area contributed by atoms with E-state index in [4.69, 9.17) is 5.73 Å². The Bertz CT molecular complexity index is 409. The number of hydrogen-bond acceptors (Lipinski definition) is 4. The van der Waals surface area contributed by atoms with Crippen molar-refractivity contribution in [3.8, 4) is 0 Å². The molecule has 0 aliphatic carbocycles. The lowest BCUT2D eigenvalue weighted by Crippen LogP contribution is -2.25. The van der Waals surface area contributed by atoms with Crippen molar-refractivity contribution < 1.29 is 0 Å². The number of nitrogens with two attached hydrogens (primary N) is 1. The van der Waals surface area contributed by atoms with Gasteiger partial charge in [0.2, 0.25) is 0 Å². The highest BCUT2D eigenvalue weighted by Gasteiger charge is 2.06. The van der Waals surface area contributed by atoms with Gasteiger partial charge in [0.15, 0.2) is 5.11 Å². The first-order valence-corrected chi connectivity index (χ1v) is 6.29. The number of hydrazone groups is 1. The van der Waals surface area contributed by atoms with Crippen LogP contribution in [0.1, 0.15) is 29.4 Å². The minimum Gasteiger partial charge on any atom is -0.375 e. The van der Waals surface area contributed by atoms with Gasteiger partial charge in [-0.25, -0.2) is 4.98 Å². The molecule has 0 saturated carbocycles. The molecule has 1 rings (SSSR count). The molecule has 0 spiro atoms. The molecule has 0 aromatic carbocycles. The second kappa shape index (κ2) is 5.91. The number of nitrogens with zero attached hydrogens (tertiary/aromatic N) is 2. The summed E-state index contributed by atoms with van der Waals surface area (Å²) >= 11 is 6.39. The standard InChI is InChI=1S/C10H16N4S2/c1-4-8-7(3)16-9(12-8)5-6(2)13-14-10(11)15/h4-5H2,1-3H3,(H3,11,14,15)/b13-6-. The third kappa shape index (κ3) is 3.86.